The molecule has 2 rings (SSSR count). The molecule has 6 nitrogen and oxygen atoms in total. The van der Waals surface area contributed by atoms with Crippen molar-refractivity contribution in [3.05, 3.63) is 34.1 Å². The summed E-state index contributed by atoms with van der Waals surface area (Å²) in [6.45, 7) is 2.09. The third kappa shape index (κ3) is 3.27. The van der Waals surface area contributed by atoms with E-state index in [2.05, 4.69) is 11.9 Å². The Bertz CT molecular complexity index is 453. The number of pyridine rings is 1. The Kier molecular flexibility index (Phi) is 4.44. The van der Waals surface area contributed by atoms with Gasteiger partial charge in [-0.25, -0.2) is 0 Å². The van der Waals surface area contributed by atoms with Crippen molar-refractivity contribution >= 4 is 5.69 Å². The van der Waals surface area contributed by atoms with Crippen LogP contribution in [-0.2, 0) is 4.74 Å². The molecule has 0 saturated carbocycles. The minimum atomic E-state index is -0.416. The average Bonchev–Trinajstić information content (AvgIpc) is 2.38. The summed E-state index contributed by atoms with van der Waals surface area (Å²) in [4.78, 5) is 14.4. The van der Waals surface area contributed by atoms with Gasteiger partial charge in [0.25, 0.3) is 5.69 Å². The highest BCUT2D eigenvalue weighted by Crippen LogP contribution is 2.36. The van der Waals surface area contributed by atoms with E-state index < -0.39 is 4.92 Å². The van der Waals surface area contributed by atoms with Gasteiger partial charge in [0.15, 0.2) is 0 Å². The summed E-state index contributed by atoms with van der Waals surface area (Å²) in [5, 5.41) is 11.0. The lowest BCUT2D eigenvalue weighted by molar-refractivity contribution is -0.386. The van der Waals surface area contributed by atoms with Crippen LogP contribution in [0.25, 0.3) is 0 Å². The fraction of sp³-hybridized carbons (Fsp3) is 0.615. The van der Waals surface area contributed by atoms with E-state index in [-0.39, 0.29) is 23.9 Å². The molecule has 0 amide bonds. The molecule has 1 saturated heterocycles. The highest BCUT2D eigenvalue weighted by atomic mass is 16.6. The van der Waals surface area contributed by atoms with E-state index in [1.165, 1.54) is 6.20 Å². The lowest BCUT2D eigenvalue weighted by Crippen LogP contribution is -2.36. The quantitative estimate of drug-likeness (QED) is 0.666. The Labute approximate surface area is 112 Å². The summed E-state index contributed by atoms with van der Waals surface area (Å²) in [6.07, 6.45) is 6.00. The van der Waals surface area contributed by atoms with Crippen LogP contribution in [0.3, 0.4) is 0 Å². The van der Waals surface area contributed by atoms with Crippen molar-refractivity contribution < 1.29 is 9.66 Å². The lowest BCUT2D eigenvalue weighted by Gasteiger charge is -2.33. The van der Waals surface area contributed by atoms with Crippen molar-refractivity contribution in [3.8, 4) is 0 Å². The molecule has 104 valence electrons. The SMILES string of the molecule is CCCC1CC(N)CC(c2ccncc2[N+](=O)[O-])O1. The maximum atomic E-state index is 11.0. The maximum absolute atomic E-state index is 11.0. The topological polar surface area (TPSA) is 91.3 Å². The van der Waals surface area contributed by atoms with Crippen molar-refractivity contribution in [1.29, 1.82) is 0 Å². The van der Waals surface area contributed by atoms with Gasteiger partial charge in [-0.05, 0) is 25.3 Å². The van der Waals surface area contributed by atoms with Crippen molar-refractivity contribution in [2.24, 2.45) is 5.73 Å². The first-order valence-electron chi connectivity index (χ1n) is 6.61. The first kappa shape index (κ1) is 13.9. The Morgan fingerprint density at radius 3 is 3.05 bits per heavy atom. The number of nitrogens with zero attached hydrogens (tertiary/aromatic N) is 2. The molecule has 19 heavy (non-hydrogen) atoms. The molecule has 1 aromatic heterocycles. The molecule has 2 heterocycles. The van der Waals surface area contributed by atoms with Crippen LogP contribution in [0.2, 0.25) is 0 Å². The Morgan fingerprint density at radius 2 is 2.37 bits per heavy atom. The summed E-state index contributed by atoms with van der Waals surface area (Å²) in [6, 6.07) is 1.69. The Hall–Kier alpha value is -1.53. The summed E-state index contributed by atoms with van der Waals surface area (Å²) in [7, 11) is 0. The van der Waals surface area contributed by atoms with Gasteiger partial charge in [0.1, 0.15) is 6.20 Å². The fourth-order valence-electron chi connectivity index (χ4n) is 2.58. The monoisotopic (exact) mass is 265 g/mol. The second kappa shape index (κ2) is 6.08. The minimum absolute atomic E-state index is 0.0110. The normalized spacial score (nSPS) is 27.2. The first-order chi connectivity index (χ1) is 9.11. The van der Waals surface area contributed by atoms with Gasteiger partial charge in [-0.15, -0.1) is 0 Å². The molecule has 2 N–H and O–H groups in total. The van der Waals surface area contributed by atoms with E-state index in [1.807, 2.05) is 0 Å². The molecule has 0 spiro atoms. The van der Waals surface area contributed by atoms with Crippen molar-refractivity contribution in [2.75, 3.05) is 0 Å². The third-order valence-corrected chi connectivity index (χ3v) is 3.43. The molecule has 3 atom stereocenters. The minimum Gasteiger partial charge on any atom is -0.370 e. The largest absolute Gasteiger partial charge is 0.370 e. The van der Waals surface area contributed by atoms with Gasteiger partial charge < -0.3 is 10.5 Å². The van der Waals surface area contributed by atoms with E-state index >= 15 is 0 Å². The number of rotatable bonds is 4. The van der Waals surface area contributed by atoms with Crippen LogP contribution >= 0.6 is 0 Å². The standard InChI is InChI=1S/C13H19N3O3/c1-2-3-10-6-9(14)7-13(19-10)11-4-5-15-8-12(11)16(17)18/h4-5,8-10,13H,2-3,6-7,14H2,1H3. The zero-order valence-electron chi connectivity index (χ0n) is 11.0. The Morgan fingerprint density at radius 1 is 1.58 bits per heavy atom. The molecular formula is C13H19N3O3. The van der Waals surface area contributed by atoms with E-state index in [4.69, 9.17) is 10.5 Å². The van der Waals surface area contributed by atoms with E-state index in [0.717, 1.165) is 19.3 Å². The van der Waals surface area contributed by atoms with E-state index in [1.54, 1.807) is 12.3 Å². The van der Waals surface area contributed by atoms with Gasteiger partial charge in [-0.3, -0.25) is 15.1 Å². The number of nitro groups is 1. The number of ether oxygens (including phenoxy) is 1. The average molecular weight is 265 g/mol. The predicted molar refractivity (Wildman–Crippen MR) is 70.6 cm³/mol. The van der Waals surface area contributed by atoms with Crippen LogP contribution in [0.15, 0.2) is 18.5 Å². The van der Waals surface area contributed by atoms with Crippen LogP contribution in [0.1, 0.15) is 44.3 Å². The number of aromatic nitrogens is 1. The van der Waals surface area contributed by atoms with Gasteiger partial charge in [0, 0.05) is 12.2 Å². The van der Waals surface area contributed by atoms with Crippen molar-refractivity contribution in [1.82, 2.24) is 4.98 Å². The number of hydrogen-bond donors (Lipinski definition) is 1. The predicted octanol–water partition coefficient (Wildman–Crippen LogP) is 2.34. The van der Waals surface area contributed by atoms with Gasteiger partial charge in [-0.1, -0.05) is 13.3 Å². The van der Waals surface area contributed by atoms with Crippen molar-refractivity contribution in [2.45, 2.75) is 50.9 Å². The van der Waals surface area contributed by atoms with E-state index in [0.29, 0.717) is 12.0 Å². The second-order valence-electron chi connectivity index (χ2n) is 4.96. The van der Waals surface area contributed by atoms with Crippen LogP contribution in [0.5, 0.6) is 0 Å². The second-order valence-corrected chi connectivity index (χ2v) is 4.96. The smallest absolute Gasteiger partial charge is 0.293 e. The zero-order valence-corrected chi connectivity index (χ0v) is 11.0. The molecular weight excluding hydrogens is 246 g/mol. The van der Waals surface area contributed by atoms with Crippen LogP contribution in [-0.4, -0.2) is 22.1 Å². The molecule has 1 fully saturated rings. The van der Waals surface area contributed by atoms with E-state index in [9.17, 15) is 10.1 Å². The molecule has 0 bridgehead atoms. The maximum Gasteiger partial charge on any atom is 0.293 e. The van der Waals surface area contributed by atoms with Crippen LogP contribution in [0, 0.1) is 10.1 Å². The fourth-order valence-corrected chi connectivity index (χ4v) is 2.58. The van der Waals surface area contributed by atoms with Gasteiger partial charge in [0.2, 0.25) is 0 Å². The first-order valence-corrected chi connectivity index (χ1v) is 6.61. The molecule has 1 aliphatic rings. The zero-order chi connectivity index (χ0) is 13.8. The van der Waals surface area contributed by atoms with Gasteiger partial charge in [-0.2, -0.15) is 0 Å². The molecule has 1 aliphatic heterocycles. The lowest BCUT2D eigenvalue weighted by atomic mass is 9.93. The van der Waals surface area contributed by atoms with Gasteiger partial charge in [0.05, 0.1) is 22.7 Å². The molecule has 0 radical (unpaired) electrons. The molecule has 1 aromatic rings. The molecule has 0 aromatic carbocycles. The highest BCUT2D eigenvalue weighted by Gasteiger charge is 2.32. The summed E-state index contributed by atoms with van der Waals surface area (Å²) in [5.41, 5.74) is 6.63. The third-order valence-electron chi connectivity index (χ3n) is 3.43. The summed E-state index contributed by atoms with van der Waals surface area (Å²) >= 11 is 0. The van der Waals surface area contributed by atoms with Gasteiger partial charge >= 0.3 is 0 Å². The molecule has 3 unspecified atom stereocenters. The summed E-state index contributed by atoms with van der Waals surface area (Å²) < 4.78 is 5.96. The van der Waals surface area contributed by atoms with Crippen LogP contribution in [0.4, 0.5) is 5.69 Å². The summed E-state index contributed by atoms with van der Waals surface area (Å²) in [5.74, 6) is 0. The van der Waals surface area contributed by atoms with Crippen LogP contribution < -0.4 is 5.73 Å². The number of nitrogens with two attached hydrogens (primary N) is 1. The molecule has 0 aliphatic carbocycles. The number of hydrogen-bond acceptors (Lipinski definition) is 5. The Balaban J connectivity index is 2.23. The van der Waals surface area contributed by atoms with Crippen molar-refractivity contribution in [3.63, 3.8) is 0 Å². The highest BCUT2D eigenvalue weighted by molar-refractivity contribution is 5.38. The molecule has 6 heteroatoms.